The second-order valence-electron chi connectivity index (χ2n) is 4.99. The van der Waals surface area contributed by atoms with Gasteiger partial charge in [-0.25, -0.2) is 5.43 Å². The van der Waals surface area contributed by atoms with Crippen LogP contribution in [0.2, 0.25) is 0 Å². The second-order valence-corrected chi connectivity index (χ2v) is 4.99. The van der Waals surface area contributed by atoms with Gasteiger partial charge in [0.2, 0.25) is 0 Å². The van der Waals surface area contributed by atoms with Crippen LogP contribution in [0.15, 0.2) is 29.4 Å². The van der Waals surface area contributed by atoms with Gasteiger partial charge in [-0.1, -0.05) is 0 Å². The molecule has 1 heterocycles. The number of nitrogens with zero attached hydrogens (tertiary/aromatic N) is 3. The zero-order valence-corrected chi connectivity index (χ0v) is 13.7. The summed E-state index contributed by atoms with van der Waals surface area (Å²) in [4.78, 5) is 11.9. The summed E-state index contributed by atoms with van der Waals surface area (Å²) in [6, 6.07) is 7.28. The molecule has 0 saturated carbocycles. The lowest BCUT2D eigenvalue weighted by Crippen LogP contribution is -2.24. The van der Waals surface area contributed by atoms with Gasteiger partial charge in [-0.2, -0.15) is 10.2 Å². The minimum absolute atomic E-state index is 0.128. The van der Waals surface area contributed by atoms with Crippen molar-refractivity contribution in [2.45, 2.75) is 20.4 Å². The topological polar surface area (TPSA) is 77.7 Å². The van der Waals surface area contributed by atoms with E-state index in [1.165, 1.54) is 0 Å². The van der Waals surface area contributed by atoms with Gasteiger partial charge in [0.05, 0.1) is 26.1 Å². The van der Waals surface area contributed by atoms with Crippen molar-refractivity contribution in [1.82, 2.24) is 15.2 Å². The molecule has 23 heavy (non-hydrogen) atoms. The summed E-state index contributed by atoms with van der Waals surface area (Å²) in [6.45, 7) is 3.92. The highest BCUT2D eigenvalue weighted by Gasteiger charge is 2.06. The van der Waals surface area contributed by atoms with Crippen molar-refractivity contribution in [1.29, 1.82) is 0 Å². The van der Waals surface area contributed by atoms with E-state index in [1.807, 2.05) is 26.0 Å². The van der Waals surface area contributed by atoms with E-state index in [0.29, 0.717) is 11.5 Å². The number of carbonyl (C=O) groups excluding carboxylic acids is 1. The minimum atomic E-state index is -0.243. The zero-order chi connectivity index (χ0) is 16.8. The Morgan fingerprint density at radius 1 is 1.26 bits per heavy atom. The fraction of sp³-hybridized carbons (Fsp3) is 0.312. The van der Waals surface area contributed by atoms with Crippen LogP contribution in [0.4, 0.5) is 0 Å². The molecule has 1 aromatic heterocycles. The van der Waals surface area contributed by atoms with Gasteiger partial charge in [0.1, 0.15) is 6.54 Å². The SMILES string of the molecule is COc1ccc(/C=N\NC(=O)Cn2nc(C)cc2C)cc1OC. The third-order valence-electron chi connectivity index (χ3n) is 3.21. The van der Waals surface area contributed by atoms with Gasteiger partial charge in [0.15, 0.2) is 11.5 Å². The van der Waals surface area contributed by atoms with Crippen molar-refractivity contribution >= 4 is 12.1 Å². The molecule has 2 rings (SSSR count). The number of hydrazone groups is 1. The van der Waals surface area contributed by atoms with Crippen LogP contribution in [0.3, 0.4) is 0 Å². The fourth-order valence-corrected chi connectivity index (χ4v) is 2.12. The first-order valence-corrected chi connectivity index (χ1v) is 7.08. The number of aryl methyl sites for hydroxylation is 2. The van der Waals surface area contributed by atoms with Crippen molar-refractivity contribution in [3.05, 3.63) is 41.2 Å². The van der Waals surface area contributed by atoms with Gasteiger partial charge >= 0.3 is 0 Å². The Hall–Kier alpha value is -2.83. The highest BCUT2D eigenvalue weighted by atomic mass is 16.5. The standard InChI is InChI=1S/C16H20N4O3/c1-11-7-12(2)20(19-11)10-16(21)18-17-9-13-5-6-14(22-3)15(8-13)23-4/h5-9H,10H2,1-4H3,(H,18,21)/b17-9-. The molecule has 2 aromatic rings. The number of aromatic nitrogens is 2. The van der Waals surface area contributed by atoms with Crippen molar-refractivity contribution in [3.8, 4) is 11.5 Å². The van der Waals surface area contributed by atoms with Gasteiger partial charge in [-0.05, 0) is 43.7 Å². The summed E-state index contributed by atoms with van der Waals surface area (Å²) in [5.74, 6) is 0.997. The molecule has 0 unspecified atom stereocenters. The molecule has 0 radical (unpaired) electrons. The number of methoxy groups -OCH3 is 2. The van der Waals surface area contributed by atoms with Gasteiger partial charge in [0.25, 0.3) is 5.91 Å². The number of benzene rings is 1. The normalized spacial score (nSPS) is 10.8. The maximum atomic E-state index is 11.9. The third-order valence-corrected chi connectivity index (χ3v) is 3.21. The number of rotatable bonds is 6. The van der Waals surface area contributed by atoms with Gasteiger partial charge in [0, 0.05) is 5.69 Å². The van der Waals surface area contributed by atoms with Gasteiger partial charge < -0.3 is 9.47 Å². The average molecular weight is 316 g/mol. The molecule has 1 N–H and O–H groups in total. The Morgan fingerprint density at radius 2 is 2.00 bits per heavy atom. The van der Waals surface area contributed by atoms with E-state index in [0.717, 1.165) is 17.0 Å². The van der Waals surface area contributed by atoms with E-state index in [9.17, 15) is 4.79 Å². The van der Waals surface area contributed by atoms with E-state index in [1.54, 1.807) is 37.2 Å². The lowest BCUT2D eigenvalue weighted by atomic mass is 10.2. The first-order chi connectivity index (χ1) is 11.0. The molecule has 1 amide bonds. The Balaban J connectivity index is 1.96. The molecule has 1 aromatic carbocycles. The van der Waals surface area contributed by atoms with Crippen LogP contribution in [0.25, 0.3) is 0 Å². The minimum Gasteiger partial charge on any atom is -0.493 e. The summed E-state index contributed by atoms with van der Waals surface area (Å²) in [5, 5.41) is 8.17. The molecule has 0 bridgehead atoms. The van der Waals surface area contributed by atoms with Crippen LogP contribution in [0.1, 0.15) is 17.0 Å². The number of carbonyl (C=O) groups is 1. The molecular formula is C16H20N4O3. The number of ether oxygens (including phenoxy) is 2. The Kier molecular flexibility index (Phi) is 5.35. The van der Waals surface area contributed by atoms with Crippen LogP contribution in [-0.2, 0) is 11.3 Å². The van der Waals surface area contributed by atoms with E-state index in [4.69, 9.17) is 9.47 Å². The molecule has 0 fully saturated rings. The van der Waals surface area contributed by atoms with Crippen LogP contribution < -0.4 is 14.9 Å². The quantitative estimate of drug-likeness (QED) is 0.649. The van der Waals surface area contributed by atoms with Gasteiger partial charge in [-0.3, -0.25) is 9.48 Å². The highest BCUT2D eigenvalue weighted by molar-refractivity contribution is 5.83. The zero-order valence-electron chi connectivity index (χ0n) is 13.7. The Morgan fingerprint density at radius 3 is 2.61 bits per heavy atom. The van der Waals surface area contributed by atoms with Gasteiger partial charge in [-0.15, -0.1) is 0 Å². The molecule has 122 valence electrons. The largest absolute Gasteiger partial charge is 0.493 e. The van der Waals surface area contributed by atoms with Crippen molar-refractivity contribution in [3.63, 3.8) is 0 Å². The molecule has 0 atom stereocenters. The monoisotopic (exact) mass is 316 g/mol. The average Bonchev–Trinajstić information content (AvgIpc) is 2.84. The van der Waals surface area contributed by atoms with E-state index < -0.39 is 0 Å². The maximum absolute atomic E-state index is 11.9. The lowest BCUT2D eigenvalue weighted by molar-refractivity contribution is -0.121. The summed E-state index contributed by atoms with van der Waals surface area (Å²) < 4.78 is 12.0. The predicted octanol–water partition coefficient (Wildman–Crippen LogP) is 1.67. The number of amides is 1. The number of nitrogens with one attached hydrogen (secondary N) is 1. The summed E-state index contributed by atoms with van der Waals surface area (Å²) in [5.41, 5.74) is 5.08. The van der Waals surface area contributed by atoms with E-state index in [-0.39, 0.29) is 12.5 Å². The Bertz CT molecular complexity index is 722. The van der Waals surface area contributed by atoms with Crippen molar-refractivity contribution in [2.24, 2.45) is 5.10 Å². The molecule has 0 aliphatic carbocycles. The van der Waals surface area contributed by atoms with Crippen LogP contribution in [0, 0.1) is 13.8 Å². The predicted molar refractivity (Wildman–Crippen MR) is 87.0 cm³/mol. The molecule has 7 heteroatoms. The molecular weight excluding hydrogens is 296 g/mol. The Labute approximate surface area is 134 Å². The van der Waals surface area contributed by atoms with E-state index >= 15 is 0 Å². The molecule has 0 aliphatic heterocycles. The van der Waals surface area contributed by atoms with Crippen molar-refractivity contribution in [2.75, 3.05) is 14.2 Å². The van der Waals surface area contributed by atoms with E-state index in [2.05, 4.69) is 15.6 Å². The molecule has 0 aliphatic rings. The summed E-state index contributed by atoms with van der Waals surface area (Å²) in [6.07, 6.45) is 1.54. The summed E-state index contributed by atoms with van der Waals surface area (Å²) in [7, 11) is 3.14. The third kappa shape index (κ3) is 4.32. The lowest BCUT2D eigenvalue weighted by Gasteiger charge is -2.07. The molecule has 0 saturated heterocycles. The van der Waals surface area contributed by atoms with Crippen LogP contribution >= 0.6 is 0 Å². The second kappa shape index (κ2) is 7.44. The number of hydrogen-bond donors (Lipinski definition) is 1. The summed E-state index contributed by atoms with van der Waals surface area (Å²) >= 11 is 0. The van der Waals surface area contributed by atoms with Crippen LogP contribution in [-0.4, -0.2) is 36.1 Å². The fourth-order valence-electron chi connectivity index (χ4n) is 2.12. The van der Waals surface area contributed by atoms with Crippen LogP contribution in [0.5, 0.6) is 11.5 Å². The number of hydrogen-bond acceptors (Lipinski definition) is 5. The molecule has 0 spiro atoms. The van der Waals surface area contributed by atoms with Crippen molar-refractivity contribution < 1.29 is 14.3 Å². The highest BCUT2D eigenvalue weighted by Crippen LogP contribution is 2.26. The smallest absolute Gasteiger partial charge is 0.261 e. The first kappa shape index (κ1) is 16.5. The first-order valence-electron chi connectivity index (χ1n) is 7.08. The maximum Gasteiger partial charge on any atom is 0.261 e. The molecule has 7 nitrogen and oxygen atoms in total.